The number of benzene rings is 2. The number of thiazole rings is 1. The number of carbonyl (C=O) groups is 1. The van der Waals surface area contributed by atoms with Gasteiger partial charge < -0.3 is 4.90 Å². The summed E-state index contributed by atoms with van der Waals surface area (Å²) < 4.78 is 0. The average Bonchev–Trinajstić information content (AvgIpc) is 3.28. The van der Waals surface area contributed by atoms with Gasteiger partial charge in [-0.3, -0.25) is 20.2 Å². The molecule has 7 nitrogen and oxygen atoms in total. The number of nitrogens with zero attached hydrogens (tertiary/aromatic N) is 3. The van der Waals surface area contributed by atoms with Crippen molar-refractivity contribution >= 4 is 33.8 Å². The van der Waals surface area contributed by atoms with Gasteiger partial charge in [-0.05, 0) is 42.9 Å². The van der Waals surface area contributed by atoms with E-state index in [1.807, 2.05) is 22.4 Å². The summed E-state index contributed by atoms with van der Waals surface area (Å²) in [5.41, 5.74) is 3.85. The normalized spacial score (nSPS) is 14.3. The standard InChI is InChI=1S/C25H28N4O3S/c1-3-4-18-5-7-19(8-6-18)21-16-33-25(26-21)27-24(30)20-9-10-22(23(15-20)29(31)32)28-13-11-17(2)12-14-28/h5-10,15-17H,3-4,11-14H2,1-2H3,(H,26,27,30). The summed E-state index contributed by atoms with van der Waals surface area (Å²) >= 11 is 1.33. The van der Waals surface area contributed by atoms with E-state index in [0.717, 1.165) is 50.0 Å². The SMILES string of the molecule is CCCc1ccc(-c2csc(NC(=O)c3ccc(N4CCC(C)CC4)c([N+](=O)[O-])c3)n2)cc1. The van der Waals surface area contributed by atoms with Crippen molar-refractivity contribution in [3.8, 4) is 11.3 Å². The first kappa shape index (κ1) is 22.9. The maximum atomic E-state index is 12.8. The molecule has 1 amide bonds. The lowest BCUT2D eigenvalue weighted by Crippen LogP contribution is -2.33. The second-order valence-corrected chi connectivity index (χ2v) is 9.43. The van der Waals surface area contributed by atoms with Gasteiger partial charge >= 0.3 is 0 Å². The Kier molecular flexibility index (Phi) is 7.03. The minimum atomic E-state index is -0.409. The molecule has 4 rings (SSSR count). The maximum Gasteiger partial charge on any atom is 0.293 e. The number of nitro benzene ring substituents is 1. The number of carbonyl (C=O) groups excluding carboxylic acids is 1. The molecule has 0 aliphatic carbocycles. The first-order chi connectivity index (χ1) is 15.9. The molecule has 1 aromatic heterocycles. The topological polar surface area (TPSA) is 88.4 Å². The largest absolute Gasteiger partial charge is 0.366 e. The number of aromatic nitrogens is 1. The quantitative estimate of drug-likeness (QED) is 0.334. The molecule has 0 atom stereocenters. The molecule has 3 aromatic rings. The van der Waals surface area contributed by atoms with Crippen LogP contribution in [0.2, 0.25) is 0 Å². The highest BCUT2D eigenvalue weighted by molar-refractivity contribution is 7.14. The third kappa shape index (κ3) is 5.39. The van der Waals surface area contributed by atoms with Gasteiger partial charge in [-0.1, -0.05) is 44.5 Å². The maximum absolute atomic E-state index is 12.8. The molecule has 0 spiro atoms. The third-order valence-corrected chi connectivity index (χ3v) is 6.83. The number of hydrogen-bond donors (Lipinski definition) is 1. The summed E-state index contributed by atoms with van der Waals surface area (Å²) in [6, 6.07) is 13.0. The Bertz CT molecular complexity index is 1130. The van der Waals surface area contributed by atoms with Crippen LogP contribution in [0.1, 0.15) is 49.0 Å². The first-order valence-corrected chi connectivity index (χ1v) is 12.2. The van der Waals surface area contributed by atoms with E-state index in [4.69, 9.17) is 0 Å². The predicted octanol–water partition coefficient (Wildman–Crippen LogP) is 6.16. The van der Waals surface area contributed by atoms with Gasteiger partial charge in [0.05, 0.1) is 10.6 Å². The van der Waals surface area contributed by atoms with Crippen molar-refractivity contribution in [2.24, 2.45) is 5.92 Å². The molecule has 0 bridgehead atoms. The number of aryl methyl sites for hydroxylation is 1. The number of amides is 1. The fourth-order valence-electron chi connectivity index (χ4n) is 4.09. The van der Waals surface area contributed by atoms with Gasteiger partial charge in [-0.25, -0.2) is 4.98 Å². The first-order valence-electron chi connectivity index (χ1n) is 11.3. The molecule has 33 heavy (non-hydrogen) atoms. The van der Waals surface area contributed by atoms with Gasteiger partial charge in [0, 0.05) is 35.7 Å². The lowest BCUT2D eigenvalue weighted by molar-refractivity contribution is -0.384. The van der Waals surface area contributed by atoms with Crippen LogP contribution in [0.25, 0.3) is 11.3 Å². The second-order valence-electron chi connectivity index (χ2n) is 8.57. The summed E-state index contributed by atoms with van der Waals surface area (Å²) in [5, 5.41) is 16.9. The van der Waals surface area contributed by atoms with E-state index in [9.17, 15) is 14.9 Å². The molecule has 0 unspecified atom stereocenters. The molecule has 0 saturated carbocycles. The minimum absolute atomic E-state index is 0.0378. The number of nitro groups is 1. The van der Waals surface area contributed by atoms with E-state index in [-0.39, 0.29) is 11.3 Å². The molecule has 1 aliphatic rings. The van der Waals surface area contributed by atoms with Crippen molar-refractivity contribution in [3.63, 3.8) is 0 Å². The average molecular weight is 465 g/mol. The highest BCUT2D eigenvalue weighted by atomic mass is 32.1. The van der Waals surface area contributed by atoms with Crippen LogP contribution in [0.3, 0.4) is 0 Å². The molecule has 0 radical (unpaired) electrons. The Morgan fingerprint density at radius 3 is 2.61 bits per heavy atom. The van der Waals surface area contributed by atoms with Crippen molar-refractivity contribution in [2.45, 2.75) is 39.5 Å². The predicted molar refractivity (Wildman–Crippen MR) is 133 cm³/mol. The summed E-state index contributed by atoms with van der Waals surface area (Å²) in [4.78, 5) is 30.7. The summed E-state index contributed by atoms with van der Waals surface area (Å²) in [5.74, 6) is 0.221. The Morgan fingerprint density at radius 1 is 1.21 bits per heavy atom. The zero-order valence-electron chi connectivity index (χ0n) is 18.9. The van der Waals surface area contributed by atoms with Crippen LogP contribution < -0.4 is 10.2 Å². The third-order valence-electron chi connectivity index (χ3n) is 6.07. The summed E-state index contributed by atoms with van der Waals surface area (Å²) in [6.07, 6.45) is 4.16. The van der Waals surface area contributed by atoms with Gasteiger partial charge in [-0.15, -0.1) is 11.3 Å². The van der Waals surface area contributed by atoms with Gasteiger partial charge in [0.2, 0.25) is 0 Å². The summed E-state index contributed by atoms with van der Waals surface area (Å²) in [7, 11) is 0. The monoisotopic (exact) mass is 464 g/mol. The van der Waals surface area contributed by atoms with E-state index in [1.54, 1.807) is 12.1 Å². The molecular weight excluding hydrogens is 436 g/mol. The molecule has 2 heterocycles. The molecule has 172 valence electrons. The lowest BCUT2D eigenvalue weighted by atomic mass is 9.98. The van der Waals surface area contributed by atoms with Crippen LogP contribution in [0, 0.1) is 16.0 Å². The fourth-order valence-corrected chi connectivity index (χ4v) is 4.81. The number of rotatable bonds is 7. The molecule has 1 saturated heterocycles. The van der Waals surface area contributed by atoms with Gasteiger partial charge in [0.25, 0.3) is 11.6 Å². The molecule has 1 fully saturated rings. The fraction of sp³-hybridized carbons (Fsp3) is 0.360. The number of nitrogens with one attached hydrogen (secondary N) is 1. The van der Waals surface area contributed by atoms with Crippen LogP contribution in [0.4, 0.5) is 16.5 Å². The second kappa shape index (κ2) is 10.1. The number of anilines is 2. The van der Waals surface area contributed by atoms with Crippen molar-refractivity contribution in [1.29, 1.82) is 0 Å². The van der Waals surface area contributed by atoms with Gasteiger partial charge in [-0.2, -0.15) is 0 Å². The van der Waals surface area contributed by atoms with E-state index in [2.05, 4.69) is 36.3 Å². The van der Waals surface area contributed by atoms with Crippen LogP contribution in [-0.4, -0.2) is 28.9 Å². The van der Waals surface area contributed by atoms with Crippen LogP contribution in [0.15, 0.2) is 47.8 Å². The highest BCUT2D eigenvalue weighted by Crippen LogP contribution is 2.33. The zero-order valence-corrected chi connectivity index (χ0v) is 19.7. The Hall–Kier alpha value is -3.26. The molecule has 1 N–H and O–H groups in total. The molecule has 1 aliphatic heterocycles. The van der Waals surface area contributed by atoms with Crippen molar-refractivity contribution in [3.05, 3.63) is 69.1 Å². The number of piperidine rings is 1. The minimum Gasteiger partial charge on any atom is -0.366 e. The van der Waals surface area contributed by atoms with Crippen LogP contribution in [-0.2, 0) is 6.42 Å². The molecule has 2 aromatic carbocycles. The smallest absolute Gasteiger partial charge is 0.293 e. The lowest BCUT2D eigenvalue weighted by Gasteiger charge is -2.31. The molecular formula is C25H28N4O3S. The highest BCUT2D eigenvalue weighted by Gasteiger charge is 2.25. The van der Waals surface area contributed by atoms with E-state index in [0.29, 0.717) is 16.7 Å². The van der Waals surface area contributed by atoms with Crippen LogP contribution >= 0.6 is 11.3 Å². The van der Waals surface area contributed by atoms with E-state index < -0.39 is 10.8 Å². The number of hydrogen-bond acceptors (Lipinski definition) is 6. The molecule has 8 heteroatoms. The van der Waals surface area contributed by atoms with Gasteiger partial charge in [0.15, 0.2) is 5.13 Å². The van der Waals surface area contributed by atoms with Crippen molar-refractivity contribution in [1.82, 2.24) is 4.98 Å². The van der Waals surface area contributed by atoms with E-state index in [1.165, 1.54) is 23.0 Å². The van der Waals surface area contributed by atoms with Crippen molar-refractivity contribution < 1.29 is 9.72 Å². The summed E-state index contributed by atoms with van der Waals surface area (Å²) in [6.45, 7) is 5.92. The van der Waals surface area contributed by atoms with Crippen LogP contribution in [0.5, 0.6) is 0 Å². The zero-order chi connectivity index (χ0) is 23.4. The van der Waals surface area contributed by atoms with Gasteiger partial charge in [0.1, 0.15) is 5.69 Å². The Balaban J connectivity index is 1.48. The van der Waals surface area contributed by atoms with E-state index >= 15 is 0 Å². The van der Waals surface area contributed by atoms with Crippen molar-refractivity contribution in [2.75, 3.05) is 23.3 Å². The Labute approximate surface area is 197 Å². The Morgan fingerprint density at radius 2 is 1.94 bits per heavy atom.